The van der Waals surface area contributed by atoms with Gasteiger partial charge in [0.1, 0.15) is 0 Å². The third kappa shape index (κ3) is 3.80. The summed E-state index contributed by atoms with van der Waals surface area (Å²) in [5.74, 6) is 0.935. The molecule has 1 N–H and O–H groups in total. The van der Waals surface area contributed by atoms with Crippen LogP contribution in [0.3, 0.4) is 0 Å². The highest BCUT2D eigenvalue weighted by molar-refractivity contribution is 7.99. The lowest BCUT2D eigenvalue weighted by atomic mass is 9.98. The van der Waals surface area contributed by atoms with Gasteiger partial charge in [-0.25, -0.2) is 4.98 Å². The van der Waals surface area contributed by atoms with Crippen LogP contribution in [-0.2, 0) is 0 Å². The predicted octanol–water partition coefficient (Wildman–Crippen LogP) is 4.64. The number of thioether (sulfide) groups is 1. The topological polar surface area (TPSA) is 55.1 Å². The molecule has 0 fully saturated rings. The van der Waals surface area contributed by atoms with E-state index in [1.54, 1.807) is 22.8 Å². The van der Waals surface area contributed by atoms with Gasteiger partial charge in [-0.05, 0) is 48.2 Å². The summed E-state index contributed by atoms with van der Waals surface area (Å²) in [6.45, 7) is 4.36. The Morgan fingerprint density at radius 3 is 2.62 bits per heavy atom. The Morgan fingerprint density at radius 2 is 1.96 bits per heavy atom. The summed E-state index contributed by atoms with van der Waals surface area (Å²) >= 11 is 7.40. The molecule has 0 saturated heterocycles. The number of rotatable bonds is 6. The Hall–Kier alpha value is -1.82. The second kappa shape index (κ2) is 8.25. The molecule has 0 aliphatic heterocycles. The van der Waals surface area contributed by atoms with Crippen LogP contribution in [0.1, 0.15) is 31.7 Å². The number of aliphatic hydroxyl groups is 1. The highest BCUT2D eigenvalue weighted by atomic mass is 35.5. The first-order valence-corrected chi connectivity index (χ1v) is 9.97. The van der Waals surface area contributed by atoms with Crippen molar-refractivity contribution in [2.24, 2.45) is 0 Å². The largest absolute Gasteiger partial charge is 0.396 e. The molecule has 0 saturated carbocycles. The minimum absolute atomic E-state index is 0.0150. The van der Waals surface area contributed by atoms with Gasteiger partial charge in [0.2, 0.25) is 0 Å². The van der Waals surface area contributed by atoms with Gasteiger partial charge in [-0.1, -0.05) is 49.3 Å². The molecule has 1 atom stereocenters. The van der Waals surface area contributed by atoms with Crippen molar-refractivity contribution in [3.8, 4) is 5.69 Å². The number of hydrogen-bond acceptors (Lipinski definition) is 4. The smallest absolute Gasteiger partial charge is 0.266 e. The lowest BCUT2D eigenvalue weighted by molar-refractivity contribution is 0.322. The van der Waals surface area contributed by atoms with Gasteiger partial charge in [-0.2, -0.15) is 0 Å². The predicted molar refractivity (Wildman–Crippen MR) is 109 cm³/mol. The SMILES string of the molecule is CC[C@H](C)c1ccc(-n2c(SCCO)nc3cc(Cl)ccc3c2=O)cc1. The summed E-state index contributed by atoms with van der Waals surface area (Å²) in [7, 11) is 0. The standard InChI is InChI=1S/C20H21ClN2O2S/c1-3-13(2)14-4-7-16(8-5-14)23-19(25)17-9-6-15(21)12-18(17)22-20(23)26-11-10-24/h4-9,12-13,24H,3,10-11H2,1-2H3/t13-/m0/s1. The van der Waals surface area contributed by atoms with Crippen LogP contribution in [-0.4, -0.2) is 27.0 Å². The third-order valence-corrected chi connectivity index (χ3v) is 5.61. The van der Waals surface area contributed by atoms with Crippen LogP contribution in [0.15, 0.2) is 52.4 Å². The monoisotopic (exact) mass is 388 g/mol. The number of nitrogens with zero attached hydrogens (tertiary/aromatic N) is 2. The van der Waals surface area contributed by atoms with Gasteiger partial charge in [-0.15, -0.1) is 0 Å². The molecule has 3 rings (SSSR count). The molecular weight excluding hydrogens is 368 g/mol. The van der Waals surface area contributed by atoms with E-state index >= 15 is 0 Å². The van der Waals surface area contributed by atoms with Gasteiger partial charge in [0.05, 0.1) is 23.2 Å². The fraction of sp³-hybridized carbons (Fsp3) is 0.300. The summed E-state index contributed by atoms with van der Waals surface area (Å²) in [5, 5.41) is 10.8. The van der Waals surface area contributed by atoms with E-state index in [9.17, 15) is 9.90 Å². The minimum Gasteiger partial charge on any atom is -0.396 e. The van der Waals surface area contributed by atoms with Crippen molar-refractivity contribution in [2.75, 3.05) is 12.4 Å². The van der Waals surface area contributed by atoms with Gasteiger partial charge in [0, 0.05) is 10.8 Å². The maximum Gasteiger partial charge on any atom is 0.266 e. The van der Waals surface area contributed by atoms with Crippen molar-refractivity contribution < 1.29 is 5.11 Å². The van der Waals surface area contributed by atoms with Gasteiger partial charge in [0.25, 0.3) is 5.56 Å². The molecule has 0 radical (unpaired) electrons. The normalized spacial score (nSPS) is 12.5. The van der Waals surface area contributed by atoms with Crippen LogP contribution in [0.2, 0.25) is 5.02 Å². The fourth-order valence-electron chi connectivity index (χ4n) is 2.79. The first-order chi connectivity index (χ1) is 12.5. The van der Waals surface area contributed by atoms with Crippen LogP contribution in [0.5, 0.6) is 0 Å². The number of hydrogen-bond donors (Lipinski definition) is 1. The Labute approximate surface area is 161 Å². The summed E-state index contributed by atoms with van der Waals surface area (Å²) < 4.78 is 1.61. The van der Waals surface area contributed by atoms with Crippen LogP contribution in [0, 0.1) is 0 Å². The zero-order chi connectivity index (χ0) is 18.7. The molecule has 6 heteroatoms. The maximum absolute atomic E-state index is 13.1. The summed E-state index contributed by atoms with van der Waals surface area (Å²) in [6.07, 6.45) is 1.06. The zero-order valence-corrected chi connectivity index (χ0v) is 16.3. The van der Waals surface area contributed by atoms with Gasteiger partial charge in [0.15, 0.2) is 5.16 Å². The van der Waals surface area contributed by atoms with Crippen LogP contribution in [0.25, 0.3) is 16.6 Å². The van der Waals surface area contributed by atoms with E-state index in [1.165, 1.54) is 17.3 Å². The Kier molecular flexibility index (Phi) is 6.01. The average Bonchev–Trinajstić information content (AvgIpc) is 2.65. The minimum atomic E-state index is -0.136. The van der Waals surface area contributed by atoms with Crippen LogP contribution >= 0.6 is 23.4 Å². The molecule has 26 heavy (non-hydrogen) atoms. The highest BCUT2D eigenvalue weighted by Gasteiger charge is 2.14. The second-order valence-electron chi connectivity index (χ2n) is 6.17. The third-order valence-electron chi connectivity index (χ3n) is 4.46. The van der Waals surface area contributed by atoms with Crippen LogP contribution < -0.4 is 5.56 Å². The fourth-order valence-corrected chi connectivity index (χ4v) is 3.71. The number of halogens is 1. The highest BCUT2D eigenvalue weighted by Crippen LogP contribution is 2.25. The summed E-state index contributed by atoms with van der Waals surface area (Å²) in [6, 6.07) is 13.1. The average molecular weight is 389 g/mol. The summed E-state index contributed by atoms with van der Waals surface area (Å²) in [4.78, 5) is 17.7. The molecule has 136 valence electrons. The van der Waals surface area contributed by atoms with Crippen molar-refractivity contribution >= 4 is 34.3 Å². The quantitative estimate of drug-likeness (QED) is 0.493. The molecule has 0 unspecified atom stereocenters. The second-order valence-corrected chi connectivity index (χ2v) is 7.67. The lowest BCUT2D eigenvalue weighted by Crippen LogP contribution is -2.22. The number of fused-ring (bicyclic) bond motifs is 1. The Balaban J connectivity index is 2.17. The van der Waals surface area contributed by atoms with Crippen molar-refractivity contribution in [1.82, 2.24) is 9.55 Å². The van der Waals surface area contributed by atoms with E-state index in [4.69, 9.17) is 11.6 Å². The molecule has 0 bridgehead atoms. The molecule has 2 aromatic carbocycles. The molecule has 3 aromatic rings. The van der Waals surface area contributed by atoms with E-state index < -0.39 is 0 Å². The first-order valence-electron chi connectivity index (χ1n) is 8.61. The van der Waals surface area contributed by atoms with Crippen molar-refractivity contribution in [3.05, 3.63) is 63.4 Å². The maximum atomic E-state index is 13.1. The molecule has 0 spiro atoms. The summed E-state index contributed by atoms with van der Waals surface area (Å²) in [5.41, 5.74) is 2.44. The molecule has 0 amide bonds. The van der Waals surface area contributed by atoms with E-state index in [-0.39, 0.29) is 12.2 Å². The van der Waals surface area contributed by atoms with Gasteiger partial charge < -0.3 is 5.11 Å². The van der Waals surface area contributed by atoms with E-state index in [0.29, 0.717) is 32.8 Å². The number of aromatic nitrogens is 2. The van der Waals surface area contributed by atoms with Crippen molar-refractivity contribution in [2.45, 2.75) is 31.3 Å². The number of benzene rings is 2. The van der Waals surface area contributed by atoms with E-state index in [1.807, 2.05) is 12.1 Å². The van der Waals surface area contributed by atoms with E-state index in [2.05, 4.69) is 31.0 Å². The Bertz CT molecular complexity index is 970. The molecule has 1 aromatic heterocycles. The van der Waals surface area contributed by atoms with E-state index in [0.717, 1.165) is 12.1 Å². The van der Waals surface area contributed by atoms with Crippen LogP contribution in [0.4, 0.5) is 0 Å². The van der Waals surface area contributed by atoms with Crippen molar-refractivity contribution in [1.29, 1.82) is 0 Å². The number of aliphatic hydroxyl groups excluding tert-OH is 1. The Morgan fingerprint density at radius 1 is 1.23 bits per heavy atom. The van der Waals surface area contributed by atoms with Gasteiger partial charge >= 0.3 is 0 Å². The first kappa shape index (κ1) is 19.0. The molecule has 4 nitrogen and oxygen atoms in total. The molecular formula is C20H21ClN2O2S. The zero-order valence-electron chi connectivity index (χ0n) is 14.8. The lowest BCUT2D eigenvalue weighted by Gasteiger charge is -2.15. The van der Waals surface area contributed by atoms with Crippen molar-refractivity contribution in [3.63, 3.8) is 0 Å². The molecule has 0 aliphatic rings. The molecule has 1 heterocycles. The molecule has 0 aliphatic carbocycles. The van der Waals surface area contributed by atoms with Gasteiger partial charge in [-0.3, -0.25) is 9.36 Å².